The molecule has 132 valence electrons. The van der Waals surface area contributed by atoms with Gasteiger partial charge in [-0.25, -0.2) is 0 Å². The summed E-state index contributed by atoms with van der Waals surface area (Å²) in [7, 11) is 0. The number of carbonyl (C=O) groups is 1. The topological polar surface area (TPSA) is 54.9 Å². The Morgan fingerprint density at radius 2 is 1.78 bits per heavy atom. The molecule has 27 heavy (non-hydrogen) atoms. The standard InChI is InChI=1S/C21H14ClN3OS/c22-19-6-2-1-5-18(19)21(26)25-17-8-15(11-24-12-17)20-9-16(13-27-20)14-4-3-7-23-10-14/h1-13H,(H,25,26). The number of nitrogens with one attached hydrogen (secondary N) is 1. The molecule has 0 fully saturated rings. The van der Waals surface area contributed by atoms with E-state index in [1.807, 2.05) is 24.4 Å². The van der Waals surface area contributed by atoms with E-state index < -0.39 is 0 Å². The Bertz CT molecular complexity index is 1100. The average molecular weight is 392 g/mol. The molecule has 1 amide bonds. The SMILES string of the molecule is O=C(Nc1cncc(-c2cc(-c3cccnc3)cs2)c1)c1ccccc1Cl. The van der Waals surface area contributed by atoms with Gasteiger partial charge in [0.1, 0.15) is 0 Å². The van der Waals surface area contributed by atoms with Crippen LogP contribution in [0.15, 0.2) is 78.7 Å². The number of benzene rings is 1. The van der Waals surface area contributed by atoms with Gasteiger partial charge in [0, 0.05) is 34.6 Å². The highest BCUT2D eigenvalue weighted by molar-refractivity contribution is 7.14. The van der Waals surface area contributed by atoms with Crippen LogP contribution in [0.3, 0.4) is 0 Å². The minimum atomic E-state index is -0.262. The van der Waals surface area contributed by atoms with E-state index in [9.17, 15) is 4.79 Å². The molecule has 0 unspecified atom stereocenters. The van der Waals surface area contributed by atoms with E-state index in [2.05, 4.69) is 26.7 Å². The van der Waals surface area contributed by atoms with E-state index in [4.69, 9.17) is 11.6 Å². The number of aromatic nitrogens is 2. The molecule has 0 spiro atoms. The van der Waals surface area contributed by atoms with Gasteiger partial charge < -0.3 is 5.32 Å². The summed E-state index contributed by atoms with van der Waals surface area (Å²) in [5.41, 5.74) is 4.16. The van der Waals surface area contributed by atoms with Gasteiger partial charge in [0.15, 0.2) is 0 Å². The van der Waals surface area contributed by atoms with Gasteiger partial charge in [0.2, 0.25) is 0 Å². The third-order valence-electron chi connectivity index (χ3n) is 3.99. The number of carbonyl (C=O) groups excluding carboxylic acids is 1. The first kappa shape index (κ1) is 17.4. The van der Waals surface area contributed by atoms with Crippen molar-refractivity contribution in [3.05, 3.63) is 89.3 Å². The molecule has 0 radical (unpaired) electrons. The molecular formula is C21H14ClN3OS. The Morgan fingerprint density at radius 3 is 2.59 bits per heavy atom. The van der Waals surface area contributed by atoms with Gasteiger partial charge in [-0.3, -0.25) is 14.8 Å². The Morgan fingerprint density at radius 1 is 0.926 bits per heavy atom. The minimum absolute atomic E-state index is 0.262. The van der Waals surface area contributed by atoms with Crippen molar-refractivity contribution in [3.8, 4) is 21.6 Å². The summed E-state index contributed by atoms with van der Waals surface area (Å²) in [5, 5.41) is 5.36. The smallest absolute Gasteiger partial charge is 0.257 e. The highest BCUT2D eigenvalue weighted by Gasteiger charge is 2.11. The molecule has 4 rings (SSSR count). The van der Waals surface area contributed by atoms with Crippen LogP contribution >= 0.6 is 22.9 Å². The number of hydrogen-bond acceptors (Lipinski definition) is 4. The summed E-state index contributed by atoms with van der Waals surface area (Å²) >= 11 is 7.72. The number of amides is 1. The van der Waals surface area contributed by atoms with E-state index in [0.717, 1.165) is 21.6 Å². The first-order chi connectivity index (χ1) is 13.2. The maximum atomic E-state index is 12.4. The van der Waals surface area contributed by atoms with Gasteiger partial charge in [-0.2, -0.15) is 0 Å². The maximum absolute atomic E-state index is 12.4. The molecule has 0 aliphatic heterocycles. The van der Waals surface area contributed by atoms with E-state index in [0.29, 0.717) is 16.3 Å². The molecule has 0 saturated heterocycles. The Kier molecular flexibility index (Phi) is 4.96. The van der Waals surface area contributed by atoms with Gasteiger partial charge in [0.05, 0.1) is 22.5 Å². The summed E-state index contributed by atoms with van der Waals surface area (Å²) in [6.07, 6.45) is 6.99. The van der Waals surface area contributed by atoms with Gasteiger partial charge in [-0.15, -0.1) is 11.3 Å². The zero-order valence-electron chi connectivity index (χ0n) is 14.1. The van der Waals surface area contributed by atoms with Crippen molar-refractivity contribution in [2.24, 2.45) is 0 Å². The molecule has 4 aromatic rings. The molecule has 1 aromatic carbocycles. The zero-order chi connectivity index (χ0) is 18.6. The van der Waals surface area contributed by atoms with Crippen molar-refractivity contribution in [1.82, 2.24) is 9.97 Å². The van der Waals surface area contributed by atoms with Crippen LogP contribution in [-0.2, 0) is 0 Å². The summed E-state index contributed by atoms with van der Waals surface area (Å²) in [5.74, 6) is -0.262. The van der Waals surface area contributed by atoms with Crippen LogP contribution in [0.25, 0.3) is 21.6 Å². The van der Waals surface area contributed by atoms with Crippen LogP contribution in [0.1, 0.15) is 10.4 Å². The molecular weight excluding hydrogens is 378 g/mol. The summed E-state index contributed by atoms with van der Waals surface area (Å²) in [4.78, 5) is 21.9. The average Bonchev–Trinajstić information content (AvgIpc) is 3.19. The first-order valence-corrected chi connectivity index (χ1v) is 9.47. The fourth-order valence-corrected chi connectivity index (χ4v) is 3.78. The van der Waals surface area contributed by atoms with Crippen LogP contribution in [0.2, 0.25) is 5.02 Å². The number of thiophene rings is 1. The van der Waals surface area contributed by atoms with Crippen molar-refractivity contribution in [2.45, 2.75) is 0 Å². The maximum Gasteiger partial charge on any atom is 0.257 e. The number of nitrogens with zero attached hydrogens (tertiary/aromatic N) is 2. The molecule has 6 heteroatoms. The van der Waals surface area contributed by atoms with E-state index >= 15 is 0 Å². The Labute approximate surface area is 165 Å². The normalized spacial score (nSPS) is 10.6. The fourth-order valence-electron chi connectivity index (χ4n) is 2.66. The van der Waals surface area contributed by atoms with Crippen LogP contribution in [0.5, 0.6) is 0 Å². The highest BCUT2D eigenvalue weighted by atomic mass is 35.5. The molecule has 0 saturated carbocycles. The Hall–Kier alpha value is -3.02. The molecule has 3 heterocycles. The van der Waals surface area contributed by atoms with Gasteiger partial charge in [-0.05, 0) is 41.3 Å². The number of halogens is 1. The number of hydrogen-bond donors (Lipinski definition) is 1. The zero-order valence-corrected chi connectivity index (χ0v) is 15.7. The first-order valence-electron chi connectivity index (χ1n) is 8.21. The molecule has 4 nitrogen and oxygen atoms in total. The second-order valence-corrected chi connectivity index (χ2v) is 7.16. The van der Waals surface area contributed by atoms with Crippen molar-refractivity contribution in [1.29, 1.82) is 0 Å². The molecule has 0 atom stereocenters. The summed E-state index contributed by atoms with van der Waals surface area (Å²) in [6, 6.07) is 14.9. The third-order valence-corrected chi connectivity index (χ3v) is 5.30. The predicted octanol–water partition coefficient (Wildman–Crippen LogP) is 5.78. The van der Waals surface area contributed by atoms with Crippen molar-refractivity contribution >= 4 is 34.5 Å². The highest BCUT2D eigenvalue weighted by Crippen LogP contribution is 2.33. The second-order valence-electron chi connectivity index (χ2n) is 5.84. The fraction of sp³-hybridized carbons (Fsp3) is 0. The van der Waals surface area contributed by atoms with Gasteiger partial charge in [-0.1, -0.05) is 29.8 Å². The number of rotatable bonds is 4. The predicted molar refractivity (Wildman–Crippen MR) is 110 cm³/mol. The van der Waals surface area contributed by atoms with E-state index in [-0.39, 0.29) is 5.91 Å². The van der Waals surface area contributed by atoms with Crippen molar-refractivity contribution < 1.29 is 4.79 Å². The van der Waals surface area contributed by atoms with Crippen molar-refractivity contribution in [2.75, 3.05) is 5.32 Å². The lowest BCUT2D eigenvalue weighted by Crippen LogP contribution is -2.12. The summed E-state index contributed by atoms with van der Waals surface area (Å²) < 4.78 is 0. The second kappa shape index (κ2) is 7.70. The van der Waals surface area contributed by atoms with E-state index in [1.165, 1.54) is 0 Å². The van der Waals surface area contributed by atoms with Crippen molar-refractivity contribution in [3.63, 3.8) is 0 Å². The van der Waals surface area contributed by atoms with Crippen LogP contribution in [0, 0.1) is 0 Å². The number of anilines is 1. The lowest BCUT2D eigenvalue weighted by Gasteiger charge is -2.07. The third kappa shape index (κ3) is 3.89. The molecule has 3 aromatic heterocycles. The van der Waals surface area contributed by atoms with Crippen LogP contribution in [0.4, 0.5) is 5.69 Å². The van der Waals surface area contributed by atoms with Crippen LogP contribution in [-0.4, -0.2) is 15.9 Å². The quantitative estimate of drug-likeness (QED) is 0.480. The minimum Gasteiger partial charge on any atom is -0.321 e. The molecule has 0 aliphatic carbocycles. The van der Waals surface area contributed by atoms with Crippen LogP contribution < -0.4 is 5.32 Å². The van der Waals surface area contributed by atoms with E-state index in [1.54, 1.807) is 54.2 Å². The monoisotopic (exact) mass is 391 g/mol. The lowest BCUT2D eigenvalue weighted by atomic mass is 10.1. The number of pyridine rings is 2. The Balaban J connectivity index is 1.57. The van der Waals surface area contributed by atoms with Gasteiger partial charge in [0.25, 0.3) is 5.91 Å². The molecule has 0 bridgehead atoms. The largest absolute Gasteiger partial charge is 0.321 e. The van der Waals surface area contributed by atoms with Gasteiger partial charge >= 0.3 is 0 Å². The lowest BCUT2D eigenvalue weighted by molar-refractivity contribution is 0.102. The summed E-state index contributed by atoms with van der Waals surface area (Å²) in [6.45, 7) is 0. The molecule has 0 aliphatic rings. The molecule has 1 N–H and O–H groups in total.